The highest BCUT2D eigenvalue weighted by Gasteiger charge is 2.23. The molecule has 0 bridgehead atoms. The van der Waals surface area contributed by atoms with Crippen molar-refractivity contribution in [1.82, 2.24) is 4.90 Å². The highest BCUT2D eigenvalue weighted by Crippen LogP contribution is 2.21. The van der Waals surface area contributed by atoms with Crippen LogP contribution < -0.4 is 0 Å². The van der Waals surface area contributed by atoms with E-state index in [1.165, 1.54) is 11.1 Å². The van der Waals surface area contributed by atoms with Crippen LogP contribution in [0.5, 0.6) is 0 Å². The molecule has 0 saturated carbocycles. The van der Waals surface area contributed by atoms with Crippen LogP contribution in [0.2, 0.25) is 0 Å². The minimum absolute atomic E-state index is 0.0786. The molecule has 2 heteroatoms. The summed E-state index contributed by atoms with van der Waals surface area (Å²) in [4.78, 5) is 13.1. The highest BCUT2D eigenvalue weighted by atomic mass is 16.1. The summed E-state index contributed by atoms with van der Waals surface area (Å²) in [6, 6.07) is 8.46. The van der Waals surface area contributed by atoms with Crippen molar-refractivity contribution >= 4 is 6.29 Å². The second-order valence-corrected chi connectivity index (χ2v) is 3.74. The fourth-order valence-electron chi connectivity index (χ4n) is 2.08. The molecule has 0 amide bonds. The first-order chi connectivity index (χ1) is 6.85. The lowest BCUT2D eigenvalue weighted by atomic mass is 9.95. The zero-order chi connectivity index (χ0) is 9.97. The van der Waals surface area contributed by atoms with Crippen molar-refractivity contribution in [2.75, 3.05) is 6.54 Å². The molecule has 0 unspecified atom stereocenters. The molecule has 1 aromatic carbocycles. The van der Waals surface area contributed by atoms with Crippen LogP contribution in [0.1, 0.15) is 18.1 Å². The summed E-state index contributed by atoms with van der Waals surface area (Å²) < 4.78 is 0. The SMILES string of the molecule is CCN1Cc2ccccc2C[C@H]1C=O. The van der Waals surface area contributed by atoms with Gasteiger partial charge in [-0.1, -0.05) is 31.2 Å². The summed E-state index contributed by atoms with van der Waals surface area (Å²) >= 11 is 0. The number of nitrogens with zero attached hydrogens (tertiary/aromatic N) is 1. The van der Waals surface area contributed by atoms with E-state index in [0.717, 1.165) is 25.8 Å². The Hall–Kier alpha value is -1.15. The summed E-state index contributed by atoms with van der Waals surface area (Å²) in [5.74, 6) is 0. The predicted octanol–water partition coefficient (Wildman–Crippen LogP) is 1.63. The van der Waals surface area contributed by atoms with Crippen LogP contribution in [-0.2, 0) is 17.8 Å². The molecule has 0 spiro atoms. The van der Waals surface area contributed by atoms with Gasteiger partial charge in [-0.25, -0.2) is 0 Å². The smallest absolute Gasteiger partial charge is 0.137 e. The van der Waals surface area contributed by atoms with Crippen LogP contribution in [-0.4, -0.2) is 23.8 Å². The van der Waals surface area contributed by atoms with Crippen molar-refractivity contribution in [2.24, 2.45) is 0 Å². The van der Waals surface area contributed by atoms with Crippen molar-refractivity contribution in [3.05, 3.63) is 35.4 Å². The van der Waals surface area contributed by atoms with Crippen LogP contribution >= 0.6 is 0 Å². The van der Waals surface area contributed by atoms with E-state index >= 15 is 0 Å². The quantitative estimate of drug-likeness (QED) is 0.659. The summed E-state index contributed by atoms with van der Waals surface area (Å²) in [7, 11) is 0. The van der Waals surface area contributed by atoms with Gasteiger partial charge >= 0.3 is 0 Å². The zero-order valence-corrected chi connectivity index (χ0v) is 8.44. The zero-order valence-electron chi connectivity index (χ0n) is 8.44. The topological polar surface area (TPSA) is 20.3 Å². The first-order valence-corrected chi connectivity index (χ1v) is 5.11. The number of likely N-dealkylation sites (N-methyl/N-ethyl adjacent to an activating group) is 1. The predicted molar refractivity (Wildman–Crippen MR) is 56.1 cm³/mol. The van der Waals surface area contributed by atoms with Gasteiger partial charge in [0.25, 0.3) is 0 Å². The van der Waals surface area contributed by atoms with Crippen molar-refractivity contribution in [3.63, 3.8) is 0 Å². The molecule has 2 nitrogen and oxygen atoms in total. The Labute approximate surface area is 84.5 Å². The van der Waals surface area contributed by atoms with Gasteiger partial charge in [-0.05, 0) is 24.1 Å². The van der Waals surface area contributed by atoms with Crippen LogP contribution in [0.3, 0.4) is 0 Å². The Morgan fingerprint density at radius 2 is 2.14 bits per heavy atom. The Morgan fingerprint density at radius 1 is 1.43 bits per heavy atom. The van der Waals surface area contributed by atoms with Gasteiger partial charge < -0.3 is 4.79 Å². The molecule has 1 aromatic rings. The van der Waals surface area contributed by atoms with E-state index in [1.807, 2.05) is 6.07 Å². The second-order valence-electron chi connectivity index (χ2n) is 3.74. The number of benzene rings is 1. The molecule has 0 fully saturated rings. The normalized spacial score (nSPS) is 21.6. The number of hydrogen-bond donors (Lipinski definition) is 0. The van der Waals surface area contributed by atoms with Gasteiger partial charge in [0.15, 0.2) is 0 Å². The van der Waals surface area contributed by atoms with E-state index in [4.69, 9.17) is 0 Å². The number of carbonyl (C=O) groups is 1. The van der Waals surface area contributed by atoms with Crippen molar-refractivity contribution in [3.8, 4) is 0 Å². The summed E-state index contributed by atoms with van der Waals surface area (Å²) in [5, 5.41) is 0. The van der Waals surface area contributed by atoms with Gasteiger partial charge in [-0.3, -0.25) is 4.90 Å². The molecule has 2 rings (SSSR count). The average molecular weight is 189 g/mol. The van der Waals surface area contributed by atoms with Crippen molar-refractivity contribution in [1.29, 1.82) is 0 Å². The third-order valence-corrected chi connectivity index (χ3v) is 2.95. The standard InChI is InChI=1S/C12H15NO/c1-2-13-8-11-6-4-3-5-10(11)7-12(13)9-14/h3-6,9,12H,2,7-8H2,1H3/t12-/m0/s1. The number of carbonyl (C=O) groups excluding carboxylic acids is 1. The Bertz CT molecular complexity index is 335. The Morgan fingerprint density at radius 3 is 2.79 bits per heavy atom. The maximum atomic E-state index is 10.9. The lowest BCUT2D eigenvalue weighted by molar-refractivity contribution is -0.112. The molecule has 0 aromatic heterocycles. The van der Waals surface area contributed by atoms with E-state index in [1.54, 1.807) is 0 Å². The lowest BCUT2D eigenvalue weighted by Gasteiger charge is -2.32. The van der Waals surface area contributed by atoms with Crippen LogP contribution in [0.25, 0.3) is 0 Å². The highest BCUT2D eigenvalue weighted by molar-refractivity contribution is 5.59. The van der Waals surface area contributed by atoms with E-state index < -0.39 is 0 Å². The monoisotopic (exact) mass is 189 g/mol. The molecule has 74 valence electrons. The summed E-state index contributed by atoms with van der Waals surface area (Å²) in [5.41, 5.74) is 2.70. The van der Waals surface area contributed by atoms with Crippen molar-refractivity contribution < 1.29 is 4.79 Å². The molecule has 0 radical (unpaired) electrons. The number of hydrogen-bond acceptors (Lipinski definition) is 2. The minimum Gasteiger partial charge on any atom is -0.302 e. The molecule has 1 aliphatic heterocycles. The molecule has 1 heterocycles. The first-order valence-electron chi connectivity index (χ1n) is 5.11. The van der Waals surface area contributed by atoms with E-state index in [0.29, 0.717) is 0 Å². The third kappa shape index (κ3) is 1.58. The van der Waals surface area contributed by atoms with E-state index in [-0.39, 0.29) is 6.04 Å². The maximum absolute atomic E-state index is 10.9. The summed E-state index contributed by atoms with van der Waals surface area (Å²) in [6.07, 6.45) is 1.94. The first kappa shape index (κ1) is 9.41. The minimum atomic E-state index is 0.0786. The molecule has 0 saturated heterocycles. The molecule has 1 atom stereocenters. The molecule has 14 heavy (non-hydrogen) atoms. The molecule has 0 N–H and O–H groups in total. The summed E-state index contributed by atoms with van der Waals surface area (Å²) in [6.45, 7) is 3.96. The van der Waals surface area contributed by atoms with Crippen LogP contribution in [0, 0.1) is 0 Å². The number of fused-ring (bicyclic) bond motifs is 1. The van der Waals surface area contributed by atoms with Gasteiger partial charge in [0, 0.05) is 6.54 Å². The van der Waals surface area contributed by atoms with Gasteiger partial charge in [0.2, 0.25) is 0 Å². The second kappa shape index (κ2) is 3.93. The molecule has 0 aliphatic carbocycles. The fraction of sp³-hybridized carbons (Fsp3) is 0.417. The number of rotatable bonds is 2. The van der Waals surface area contributed by atoms with Crippen LogP contribution in [0.4, 0.5) is 0 Å². The fourth-order valence-corrected chi connectivity index (χ4v) is 2.08. The molecular weight excluding hydrogens is 174 g/mol. The average Bonchev–Trinajstić information content (AvgIpc) is 2.27. The van der Waals surface area contributed by atoms with Gasteiger partial charge in [0.05, 0.1) is 6.04 Å². The third-order valence-electron chi connectivity index (χ3n) is 2.95. The van der Waals surface area contributed by atoms with Crippen molar-refractivity contribution in [2.45, 2.75) is 25.9 Å². The Kier molecular flexibility index (Phi) is 2.64. The lowest BCUT2D eigenvalue weighted by Crippen LogP contribution is -2.41. The van der Waals surface area contributed by atoms with Crippen LogP contribution in [0.15, 0.2) is 24.3 Å². The van der Waals surface area contributed by atoms with Gasteiger partial charge in [0.1, 0.15) is 6.29 Å². The Balaban J connectivity index is 2.29. The maximum Gasteiger partial charge on any atom is 0.137 e. The largest absolute Gasteiger partial charge is 0.302 e. The molecular formula is C12H15NO. The molecule has 1 aliphatic rings. The number of aldehydes is 1. The van der Waals surface area contributed by atoms with E-state index in [9.17, 15) is 4.79 Å². The van der Waals surface area contributed by atoms with E-state index in [2.05, 4.69) is 30.0 Å². The van der Waals surface area contributed by atoms with Gasteiger partial charge in [-0.2, -0.15) is 0 Å². The van der Waals surface area contributed by atoms with Gasteiger partial charge in [-0.15, -0.1) is 0 Å².